The van der Waals surface area contributed by atoms with Crippen LogP contribution in [0.5, 0.6) is 0 Å². The lowest BCUT2D eigenvalue weighted by atomic mass is 10.5. The Hall–Kier alpha value is -0.980. The van der Waals surface area contributed by atoms with E-state index in [9.17, 15) is 0 Å². The molecule has 0 aliphatic heterocycles. The molecule has 0 atom stereocenters. The summed E-state index contributed by atoms with van der Waals surface area (Å²) in [6, 6.07) is 0. The van der Waals surface area contributed by atoms with Crippen LogP contribution in [0.4, 0.5) is 0 Å². The fraction of sp³-hybridized carbons (Fsp3) is 0.750. The second-order valence-electron chi connectivity index (χ2n) is 2.84. The van der Waals surface area contributed by atoms with Crippen LogP contribution in [0.2, 0.25) is 0 Å². The molecule has 14 heavy (non-hydrogen) atoms. The highest BCUT2D eigenvalue weighted by Crippen LogP contribution is 1.92. The van der Waals surface area contributed by atoms with Crippen LogP contribution in [-0.4, -0.2) is 47.0 Å². The Morgan fingerprint density at radius 1 is 1.57 bits per heavy atom. The Morgan fingerprint density at radius 3 is 3.14 bits per heavy atom. The number of hydrogen-bond donors (Lipinski definition) is 2. The largest absolute Gasteiger partial charge is 0.394 e. The number of aromatic nitrogens is 3. The number of aliphatic hydroxyl groups is 1. The molecule has 0 aliphatic rings. The first-order valence-corrected chi connectivity index (χ1v) is 4.59. The molecule has 1 aromatic heterocycles. The minimum atomic E-state index is 0.0579. The van der Waals surface area contributed by atoms with Gasteiger partial charge in [0.1, 0.15) is 0 Å². The average molecular weight is 200 g/mol. The number of ether oxygens (including phenoxy) is 1. The highest BCUT2D eigenvalue weighted by atomic mass is 16.5. The Bertz CT molecular complexity index is 251. The van der Waals surface area contributed by atoms with E-state index < -0.39 is 0 Å². The molecule has 0 saturated heterocycles. The highest BCUT2D eigenvalue weighted by Gasteiger charge is 1.98. The predicted octanol–water partition coefficient (Wildman–Crippen LogP) is -0.994. The zero-order chi connectivity index (χ0) is 10.2. The van der Waals surface area contributed by atoms with Crippen molar-refractivity contribution in [3.63, 3.8) is 0 Å². The maximum absolute atomic E-state index is 8.47. The SMILES string of the molecule is CNCc1cn(CCOCCO)nn1. The molecule has 0 amide bonds. The van der Waals surface area contributed by atoms with Gasteiger partial charge in [-0.25, -0.2) is 4.68 Å². The number of rotatable bonds is 7. The monoisotopic (exact) mass is 200 g/mol. The first kappa shape index (κ1) is 11.1. The highest BCUT2D eigenvalue weighted by molar-refractivity contribution is 4.90. The number of nitrogens with zero attached hydrogens (tertiary/aromatic N) is 3. The van der Waals surface area contributed by atoms with E-state index in [4.69, 9.17) is 9.84 Å². The molecule has 0 unspecified atom stereocenters. The van der Waals surface area contributed by atoms with Gasteiger partial charge in [-0.1, -0.05) is 5.21 Å². The van der Waals surface area contributed by atoms with Crippen molar-refractivity contribution in [2.45, 2.75) is 13.1 Å². The molecular weight excluding hydrogens is 184 g/mol. The van der Waals surface area contributed by atoms with Gasteiger partial charge in [-0.15, -0.1) is 5.10 Å². The van der Waals surface area contributed by atoms with Crippen LogP contribution in [-0.2, 0) is 17.8 Å². The smallest absolute Gasteiger partial charge is 0.0964 e. The van der Waals surface area contributed by atoms with E-state index in [0.717, 1.165) is 12.2 Å². The minimum absolute atomic E-state index is 0.0579. The van der Waals surface area contributed by atoms with Crippen molar-refractivity contribution in [3.8, 4) is 0 Å². The maximum atomic E-state index is 8.47. The van der Waals surface area contributed by atoms with E-state index in [-0.39, 0.29) is 6.61 Å². The lowest BCUT2D eigenvalue weighted by molar-refractivity contribution is 0.0851. The normalized spacial score (nSPS) is 10.7. The molecule has 1 heterocycles. The van der Waals surface area contributed by atoms with Crippen LogP contribution in [0, 0.1) is 0 Å². The summed E-state index contributed by atoms with van der Waals surface area (Å²) in [5.74, 6) is 0. The second-order valence-corrected chi connectivity index (χ2v) is 2.84. The van der Waals surface area contributed by atoms with Gasteiger partial charge in [0, 0.05) is 12.7 Å². The van der Waals surface area contributed by atoms with Crippen LogP contribution in [0.15, 0.2) is 6.20 Å². The third-order valence-electron chi connectivity index (χ3n) is 1.64. The van der Waals surface area contributed by atoms with E-state index in [1.54, 1.807) is 4.68 Å². The van der Waals surface area contributed by atoms with E-state index in [0.29, 0.717) is 19.8 Å². The van der Waals surface area contributed by atoms with Gasteiger partial charge in [-0.05, 0) is 7.05 Å². The molecule has 1 aromatic rings. The van der Waals surface area contributed by atoms with Crippen molar-refractivity contribution >= 4 is 0 Å². The fourth-order valence-electron chi connectivity index (χ4n) is 1.03. The fourth-order valence-corrected chi connectivity index (χ4v) is 1.03. The maximum Gasteiger partial charge on any atom is 0.0964 e. The predicted molar refractivity (Wildman–Crippen MR) is 50.7 cm³/mol. The molecule has 1 rings (SSSR count). The standard InChI is InChI=1S/C8H16N4O2/c1-9-6-8-7-12(11-10-8)2-4-14-5-3-13/h7,9,13H,2-6H2,1H3. The van der Waals surface area contributed by atoms with Gasteiger partial charge >= 0.3 is 0 Å². The van der Waals surface area contributed by atoms with E-state index in [2.05, 4.69) is 15.6 Å². The number of nitrogens with one attached hydrogen (secondary N) is 1. The van der Waals surface area contributed by atoms with Gasteiger partial charge in [0.2, 0.25) is 0 Å². The summed E-state index contributed by atoms with van der Waals surface area (Å²) >= 11 is 0. The van der Waals surface area contributed by atoms with Crippen LogP contribution in [0.1, 0.15) is 5.69 Å². The molecule has 0 bridgehead atoms. The number of aliphatic hydroxyl groups excluding tert-OH is 1. The molecule has 6 heteroatoms. The van der Waals surface area contributed by atoms with Crippen molar-refractivity contribution in [2.24, 2.45) is 0 Å². The molecule has 0 aromatic carbocycles. The van der Waals surface area contributed by atoms with Crippen molar-refractivity contribution < 1.29 is 9.84 Å². The molecular formula is C8H16N4O2. The molecule has 0 aliphatic carbocycles. The summed E-state index contributed by atoms with van der Waals surface area (Å²) in [5.41, 5.74) is 0.912. The van der Waals surface area contributed by atoms with E-state index in [1.807, 2.05) is 13.2 Å². The summed E-state index contributed by atoms with van der Waals surface area (Å²) in [6.07, 6.45) is 1.87. The summed E-state index contributed by atoms with van der Waals surface area (Å²) in [7, 11) is 1.86. The molecule has 0 saturated carbocycles. The van der Waals surface area contributed by atoms with Crippen molar-refractivity contribution in [1.82, 2.24) is 20.3 Å². The van der Waals surface area contributed by atoms with Crippen LogP contribution in [0.25, 0.3) is 0 Å². The summed E-state index contributed by atoms with van der Waals surface area (Å²) in [4.78, 5) is 0. The lowest BCUT2D eigenvalue weighted by Crippen LogP contribution is -2.09. The second kappa shape index (κ2) is 6.47. The molecule has 6 nitrogen and oxygen atoms in total. The molecule has 0 spiro atoms. The first-order valence-electron chi connectivity index (χ1n) is 4.59. The average Bonchev–Trinajstić information content (AvgIpc) is 2.61. The van der Waals surface area contributed by atoms with Crippen molar-refractivity contribution in [1.29, 1.82) is 0 Å². The number of hydrogen-bond acceptors (Lipinski definition) is 5. The Morgan fingerprint density at radius 2 is 2.43 bits per heavy atom. The van der Waals surface area contributed by atoms with Crippen LogP contribution < -0.4 is 5.32 Å². The minimum Gasteiger partial charge on any atom is -0.394 e. The molecule has 80 valence electrons. The quantitative estimate of drug-likeness (QED) is 0.553. The first-order chi connectivity index (χ1) is 6.86. The van der Waals surface area contributed by atoms with Crippen LogP contribution in [0.3, 0.4) is 0 Å². The van der Waals surface area contributed by atoms with Gasteiger partial charge in [0.05, 0.1) is 32.1 Å². The zero-order valence-corrected chi connectivity index (χ0v) is 8.31. The molecule has 2 N–H and O–H groups in total. The Balaban J connectivity index is 2.22. The van der Waals surface area contributed by atoms with Crippen molar-refractivity contribution in [2.75, 3.05) is 26.9 Å². The van der Waals surface area contributed by atoms with Crippen LogP contribution >= 0.6 is 0 Å². The Kier molecular flexibility index (Phi) is 5.13. The summed E-state index contributed by atoms with van der Waals surface area (Å²) < 4.78 is 6.83. The zero-order valence-electron chi connectivity index (χ0n) is 8.31. The van der Waals surface area contributed by atoms with Gasteiger partial charge in [-0.2, -0.15) is 0 Å². The third-order valence-corrected chi connectivity index (χ3v) is 1.64. The van der Waals surface area contributed by atoms with Gasteiger partial charge in [0.15, 0.2) is 0 Å². The van der Waals surface area contributed by atoms with Gasteiger partial charge < -0.3 is 15.2 Å². The van der Waals surface area contributed by atoms with E-state index in [1.165, 1.54) is 0 Å². The van der Waals surface area contributed by atoms with Crippen molar-refractivity contribution in [3.05, 3.63) is 11.9 Å². The van der Waals surface area contributed by atoms with Gasteiger partial charge in [0.25, 0.3) is 0 Å². The molecule has 0 radical (unpaired) electrons. The topological polar surface area (TPSA) is 72.2 Å². The lowest BCUT2D eigenvalue weighted by Gasteiger charge is -2.00. The summed E-state index contributed by atoms with van der Waals surface area (Å²) in [5, 5.41) is 19.3. The van der Waals surface area contributed by atoms with Gasteiger partial charge in [-0.3, -0.25) is 0 Å². The molecule has 0 fully saturated rings. The Labute approximate surface area is 82.9 Å². The van der Waals surface area contributed by atoms with E-state index >= 15 is 0 Å². The third kappa shape index (κ3) is 3.82. The summed E-state index contributed by atoms with van der Waals surface area (Å²) in [6.45, 7) is 2.36.